The van der Waals surface area contributed by atoms with Gasteiger partial charge in [-0.15, -0.1) is 0 Å². The van der Waals surface area contributed by atoms with E-state index in [9.17, 15) is 4.79 Å². The Labute approximate surface area is 149 Å². The Morgan fingerprint density at radius 2 is 2.00 bits per heavy atom. The number of methoxy groups -OCH3 is 2. The second-order valence-corrected chi connectivity index (χ2v) is 6.99. The third kappa shape index (κ3) is 4.57. The molecular weight excluding hydrogens is 318 g/mol. The Hall–Kier alpha value is -1.95. The number of rotatable bonds is 6. The zero-order valence-electron chi connectivity index (χ0n) is 15.2. The molecule has 1 atom stereocenters. The first-order chi connectivity index (χ1) is 12.2. The number of urea groups is 1. The number of likely N-dealkylation sites (tertiary alicyclic amines) is 1. The van der Waals surface area contributed by atoms with E-state index in [0.29, 0.717) is 29.6 Å². The van der Waals surface area contributed by atoms with Crippen LogP contribution in [0.2, 0.25) is 0 Å². The number of ether oxygens (including phenoxy) is 2. The summed E-state index contributed by atoms with van der Waals surface area (Å²) in [4.78, 5) is 14.8. The number of benzene rings is 1. The van der Waals surface area contributed by atoms with Crippen LogP contribution < -0.4 is 20.1 Å². The summed E-state index contributed by atoms with van der Waals surface area (Å²) in [6, 6.07) is 5.93. The molecule has 2 fully saturated rings. The summed E-state index contributed by atoms with van der Waals surface area (Å²) in [6.45, 7) is 3.00. The van der Waals surface area contributed by atoms with Crippen LogP contribution in [-0.4, -0.2) is 50.8 Å². The highest BCUT2D eigenvalue weighted by molar-refractivity contribution is 5.91. The molecule has 0 aromatic heterocycles. The number of hydrogen-bond donors (Lipinski definition) is 2. The lowest BCUT2D eigenvalue weighted by Gasteiger charge is -2.23. The molecule has 0 bridgehead atoms. The predicted octanol–water partition coefficient (Wildman–Crippen LogP) is 3.09. The van der Waals surface area contributed by atoms with Crippen LogP contribution in [0.25, 0.3) is 0 Å². The van der Waals surface area contributed by atoms with Crippen LogP contribution in [0.4, 0.5) is 10.5 Å². The molecule has 6 heteroatoms. The van der Waals surface area contributed by atoms with Gasteiger partial charge in [0.2, 0.25) is 0 Å². The van der Waals surface area contributed by atoms with Gasteiger partial charge in [0.15, 0.2) is 0 Å². The topological polar surface area (TPSA) is 62.8 Å². The zero-order valence-corrected chi connectivity index (χ0v) is 15.2. The standard InChI is InChI=1S/C19H29N3O3/c1-24-16-7-8-17(18(11-16)25-2)21-19(23)20-12-14-9-10-22(13-14)15-5-3-4-6-15/h7-8,11,14-15H,3-6,9-10,12-13H2,1-2H3,(H2,20,21,23). The van der Waals surface area contributed by atoms with Gasteiger partial charge < -0.3 is 25.0 Å². The summed E-state index contributed by atoms with van der Waals surface area (Å²) >= 11 is 0. The summed E-state index contributed by atoms with van der Waals surface area (Å²) < 4.78 is 10.5. The van der Waals surface area contributed by atoms with Crippen LogP contribution in [0.1, 0.15) is 32.1 Å². The van der Waals surface area contributed by atoms with Crippen molar-refractivity contribution in [2.24, 2.45) is 5.92 Å². The number of hydrogen-bond acceptors (Lipinski definition) is 4. The number of anilines is 1. The smallest absolute Gasteiger partial charge is 0.319 e. The molecule has 1 saturated heterocycles. The van der Waals surface area contributed by atoms with E-state index in [1.165, 1.54) is 38.6 Å². The summed E-state index contributed by atoms with van der Waals surface area (Å²) in [5.74, 6) is 1.83. The van der Waals surface area contributed by atoms with Crippen LogP contribution in [0.15, 0.2) is 18.2 Å². The lowest BCUT2D eigenvalue weighted by atomic mass is 10.1. The van der Waals surface area contributed by atoms with E-state index >= 15 is 0 Å². The van der Waals surface area contributed by atoms with Crippen molar-refractivity contribution in [1.29, 1.82) is 0 Å². The average molecular weight is 347 g/mol. The van der Waals surface area contributed by atoms with E-state index in [-0.39, 0.29) is 6.03 Å². The summed E-state index contributed by atoms with van der Waals surface area (Å²) in [5, 5.41) is 5.86. The molecule has 2 amide bonds. The average Bonchev–Trinajstić information content (AvgIpc) is 3.31. The molecule has 3 rings (SSSR count). The second kappa shape index (κ2) is 8.43. The van der Waals surface area contributed by atoms with Crippen molar-refractivity contribution in [3.8, 4) is 11.5 Å². The molecule has 1 aliphatic carbocycles. The molecule has 2 aliphatic rings. The summed E-state index contributed by atoms with van der Waals surface area (Å²) in [5.41, 5.74) is 0.639. The molecule has 1 saturated carbocycles. The van der Waals surface area contributed by atoms with Gasteiger partial charge in [-0.1, -0.05) is 12.8 Å². The molecule has 1 heterocycles. The first kappa shape index (κ1) is 17.9. The molecule has 1 aromatic carbocycles. The Morgan fingerprint density at radius 1 is 1.20 bits per heavy atom. The lowest BCUT2D eigenvalue weighted by Crippen LogP contribution is -2.35. The van der Waals surface area contributed by atoms with Gasteiger partial charge in [0, 0.05) is 25.2 Å². The molecule has 1 aliphatic heterocycles. The van der Waals surface area contributed by atoms with Crippen molar-refractivity contribution in [2.45, 2.75) is 38.1 Å². The number of carbonyl (C=O) groups is 1. The number of amides is 2. The van der Waals surface area contributed by atoms with E-state index in [4.69, 9.17) is 9.47 Å². The van der Waals surface area contributed by atoms with Crippen LogP contribution in [-0.2, 0) is 0 Å². The highest BCUT2D eigenvalue weighted by Gasteiger charge is 2.29. The minimum Gasteiger partial charge on any atom is -0.497 e. The van der Waals surface area contributed by atoms with Gasteiger partial charge in [-0.05, 0) is 43.9 Å². The fourth-order valence-electron chi connectivity index (χ4n) is 3.94. The van der Waals surface area contributed by atoms with Crippen molar-refractivity contribution in [3.63, 3.8) is 0 Å². The Balaban J connectivity index is 1.45. The fraction of sp³-hybridized carbons (Fsp3) is 0.632. The van der Waals surface area contributed by atoms with Crippen molar-refractivity contribution >= 4 is 11.7 Å². The molecule has 0 spiro atoms. The van der Waals surface area contributed by atoms with Gasteiger partial charge >= 0.3 is 6.03 Å². The minimum atomic E-state index is -0.192. The highest BCUT2D eigenvalue weighted by Crippen LogP contribution is 2.29. The van der Waals surface area contributed by atoms with E-state index in [0.717, 1.165) is 12.6 Å². The van der Waals surface area contributed by atoms with Crippen LogP contribution in [0, 0.1) is 5.92 Å². The number of carbonyl (C=O) groups excluding carboxylic acids is 1. The molecular formula is C19H29N3O3. The summed E-state index contributed by atoms with van der Waals surface area (Å²) in [7, 11) is 3.18. The third-order valence-corrected chi connectivity index (χ3v) is 5.37. The minimum absolute atomic E-state index is 0.192. The SMILES string of the molecule is COc1ccc(NC(=O)NCC2CCN(C3CCCC3)C2)c(OC)c1. The Morgan fingerprint density at radius 3 is 2.72 bits per heavy atom. The van der Waals surface area contributed by atoms with Gasteiger partial charge in [0.25, 0.3) is 0 Å². The lowest BCUT2D eigenvalue weighted by molar-refractivity contribution is 0.234. The maximum atomic E-state index is 12.2. The third-order valence-electron chi connectivity index (χ3n) is 5.37. The second-order valence-electron chi connectivity index (χ2n) is 6.99. The fourth-order valence-corrected chi connectivity index (χ4v) is 3.94. The predicted molar refractivity (Wildman–Crippen MR) is 98.5 cm³/mol. The molecule has 6 nitrogen and oxygen atoms in total. The van der Waals surface area contributed by atoms with Crippen molar-refractivity contribution in [2.75, 3.05) is 39.2 Å². The van der Waals surface area contributed by atoms with E-state index in [1.54, 1.807) is 32.4 Å². The first-order valence-corrected chi connectivity index (χ1v) is 9.20. The molecule has 1 unspecified atom stereocenters. The van der Waals surface area contributed by atoms with Crippen molar-refractivity contribution in [1.82, 2.24) is 10.2 Å². The molecule has 138 valence electrons. The van der Waals surface area contributed by atoms with Gasteiger partial charge in [-0.2, -0.15) is 0 Å². The molecule has 25 heavy (non-hydrogen) atoms. The maximum absolute atomic E-state index is 12.2. The van der Waals surface area contributed by atoms with Crippen molar-refractivity contribution in [3.05, 3.63) is 18.2 Å². The molecule has 2 N–H and O–H groups in total. The zero-order chi connectivity index (χ0) is 17.6. The normalized spacial score (nSPS) is 21.3. The summed E-state index contributed by atoms with van der Waals surface area (Å²) in [6.07, 6.45) is 6.60. The largest absolute Gasteiger partial charge is 0.497 e. The first-order valence-electron chi connectivity index (χ1n) is 9.20. The Bertz CT molecular complexity index is 587. The van der Waals surface area contributed by atoms with Crippen LogP contribution >= 0.6 is 0 Å². The van der Waals surface area contributed by atoms with E-state index in [2.05, 4.69) is 15.5 Å². The quantitative estimate of drug-likeness (QED) is 0.830. The monoisotopic (exact) mass is 347 g/mol. The van der Waals surface area contributed by atoms with Gasteiger partial charge in [0.1, 0.15) is 11.5 Å². The number of nitrogens with one attached hydrogen (secondary N) is 2. The van der Waals surface area contributed by atoms with Gasteiger partial charge in [-0.3, -0.25) is 0 Å². The van der Waals surface area contributed by atoms with E-state index < -0.39 is 0 Å². The Kier molecular flexibility index (Phi) is 6.02. The van der Waals surface area contributed by atoms with Crippen LogP contribution in [0.5, 0.6) is 11.5 Å². The van der Waals surface area contributed by atoms with E-state index in [1.807, 2.05) is 0 Å². The molecule has 0 radical (unpaired) electrons. The van der Waals surface area contributed by atoms with Gasteiger partial charge in [0.05, 0.1) is 19.9 Å². The maximum Gasteiger partial charge on any atom is 0.319 e. The van der Waals surface area contributed by atoms with Crippen molar-refractivity contribution < 1.29 is 14.3 Å². The highest BCUT2D eigenvalue weighted by atomic mass is 16.5. The van der Waals surface area contributed by atoms with Gasteiger partial charge in [-0.25, -0.2) is 4.79 Å². The molecule has 1 aromatic rings. The van der Waals surface area contributed by atoms with Crippen LogP contribution in [0.3, 0.4) is 0 Å². The number of nitrogens with zero attached hydrogens (tertiary/aromatic N) is 1.